The minimum atomic E-state index is -0.198. The average Bonchev–Trinajstić information content (AvgIpc) is 2.24. The van der Waals surface area contributed by atoms with Gasteiger partial charge in [0.25, 0.3) is 0 Å². The van der Waals surface area contributed by atoms with Crippen molar-refractivity contribution in [1.29, 1.82) is 0 Å². The van der Waals surface area contributed by atoms with Gasteiger partial charge in [0.2, 0.25) is 0 Å². The third-order valence-corrected chi connectivity index (χ3v) is 2.19. The Morgan fingerprint density at radius 2 is 2.00 bits per heavy atom. The number of ether oxygens (including phenoxy) is 1. The van der Waals surface area contributed by atoms with Crippen LogP contribution in [-0.4, -0.2) is 18.5 Å². The van der Waals surface area contributed by atoms with Crippen LogP contribution >= 0.6 is 0 Å². The van der Waals surface area contributed by atoms with Gasteiger partial charge in [0, 0.05) is 0 Å². The number of hydrazine groups is 1. The summed E-state index contributed by atoms with van der Waals surface area (Å²) in [7, 11) is 1.64. The second-order valence-electron chi connectivity index (χ2n) is 4.98. The lowest BCUT2D eigenvalue weighted by atomic mass is 10.1. The summed E-state index contributed by atoms with van der Waals surface area (Å²) in [5, 5.41) is 0. The van der Waals surface area contributed by atoms with Crippen LogP contribution in [0.25, 0.3) is 0 Å². The van der Waals surface area contributed by atoms with E-state index in [9.17, 15) is 0 Å². The smallest absolute Gasteiger partial charge is 0.146 e. The number of methoxy groups -OCH3 is 1. The first kappa shape index (κ1) is 13.5. The zero-order chi connectivity index (χ0) is 13.1. The molecule has 17 heavy (non-hydrogen) atoms. The summed E-state index contributed by atoms with van der Waals surface area (Å²) >= 11 is 0. The highest BCUT2D eigenvalue weighted by molar-refractivity contribution is 6.01. The molecule has 4 nitrogen and oxygen atoms in total. The van der Waals surface area contributed by atoms with E-state index in [0.29, 0.717) is 5.84 Å². The maximum absolute atomic E-state index is 5.55. The van der Waals surface area contributed by atoms with Gasteiger partial charge in [-0.15, -0.1) is 0 Å². The minimum absolute atomic E-state index is 0.198. The Morgan fingerprint density at radius 1 is 1.35 bits per heavy atom. The molecule has 0 bridgehead atoms. The van der Waals surface area contributed by atoms with Crippen molar-refractivity contribution in [2.45, 2.75) is 33.2 Å². The van der Waals surface area contributed by atoms with E-state index in [-0.39, 0.29) is 5.54 Å². The van der Waals surface area contributed by atoms with Gasteiger partial charge in [0.05, 0.1) is 18.2 Å². The Balaban J connectivity index is 3.29. The molecule has 0 heterocycles. The number of benzene rings is 1. The van der Waals surface area contributed by atoms with Crippen LogP contribution in [0.4, 0.5) is 0 Å². The first-order valence-electron chi connectivity index (χ1n) is 5.59. The van der Waals surface area contributed by atoms with Gasteiger partial charge >= 0.3 is 0 Å². The summed E-state index contributed by atoms with van der Waals surface area (Å²) in [6.45, 7) is 8.08. The number of hydrogen-bond donors (Lipinski definition) is 2. The third-order valence-electron chi connectivity index (χ3n) is 2.19. The zero-order valence-electron chi connectivity index (χ0n) is 11.2. The fourth-order valence-electron chi connectivity index (χ4n) is 1.51. The summed E-state index contributed by atoms with van der Waals surface area (Å²) in [4.78, 5) is 4.55. The van der Waals surface area contributed by atoms with Gasteiger partial charge in [0.15, 0.2) is 0 Å². The topological polar surface area (TPSA) is 59.6 Å². The molecule has 1 aromatic carbocycles. The molecule has 0 aromatic heterocycles. The largest absolute Gasteiger partial charge is 0.496 e. The SMILES string of the molecule is COc1ccc(C)cc1C(=NC(C)(C)C)NN. The van der Waals surface area contributed by atoms with E-state index < -0.39 is 0 Å². The van der Waals surface area contributed by atoms with Crippen LogP contribution in [0.1, 0.15) is 31.9 Å². The Bertz CT molecular complexity index is 419. The Hall–Kier alpha value is -1.55. The van der Waals surface area contributed by atoms with Gasteiger partial charge in [0.1, 0.15) is 11.6 Å². The molecule has 0 unspecified atom stereocenters. The van der Waals surface area contributed by atoms with Crippen LogP contribution in [-0.2, 0) is 0 Å². The second-order valence-corrected chi connectivity index (χ2v) is 4.98. The predicted octanol–water partition coefficient (Wildman–Crippen LogP) is 2.01. The number of rotatable bonds is 2. The molecule has 0 atom stereocenters. The lowest BCUT2D eigenvalue weighted by molar-refractivity contribution is 0.413. The molecule has 0 saturated heterocycles. The molecule has 0 radical (unpaired) electrons. The highest BCUT2D eigenvalue weighted by atomic mass is 16.5. The molecule has 0 aliphatic carbocycles. The highest BCUT2D eigenvalue weighted by Crippen LogP contribution is 2.21. The monoisotopic (exact) mass is 235 g/mol. The van der Waals surface area contributed by atoms with Crippen LogP contribution < -0.4 is 16.0 Å². The predicted molar refractivity (Wildman–Crippen MR) is 71.3 cm³/mol. The number of aliphatic imine (C=N–C) groups is 1. The molecule has 0 spiro atoms. The maximum Gasteiger partial charge on any atom is 0.146 e. The molecular weight excluding hydrogens is 214 g/mol. The molecule has 1 rings (SSSR count). The van der Waals surface area contributed by atoms with Gasteiger partial charge < -0.3 is 10.2 Å². The number of nitrogens with two attached hydrogens (primary N) is 1. The van der Waals surface area contributed by atoms with Crippen LogP contribution in [0.3, 0.4) is 0 Å². The number of nitrogens with one attached hydrogen (secondary N) is 1. The molecule has 0 aliphatic heterocycles. The number of aryl methyl sites for hydroxylation is 1. The molecule has 0 aliphatic rings. The van der Waals surface area contributed by atoms with Crippen molar-refractivity contribution < 1.29 is 4.74 Å². The number of hydrogen-bond acceptors (Lipinski definition) is 3. The summed E-state index contributed by atoms with van der Waals surface area (Å²) in [6.07, 6.45) is 0. The molecule has 4 heteroatoms. The molecule has 3 N–H and O–H groups in total. The normalized spacial score (nSPS) is 12.5. The molecule has 0 saturated carbocycles. The van der Waals surface area contributed by atoms with Crippen molar-refractivity contribution in [3.05, 3.63) is 29.3 Å². The Kier molecular flexibility index (Phi) is 4.12. The fourth-order valence-corrected chi connectivity index (χ4v) is 1.51. The Labute approximate surface area is 103 Å². The molecular formula is C13H21N3O. The van der Waals surface area contributed by atoms with E-state index in [1.807, 2.05) is 45.9 Å². The standard InChI is InChI=1S/C13H21N3O/c1-9-6-7-11(17-5)10(8-9)12(16-14)15-13(2,3)4/h6-8H,14H2,1-5H3,(H,15,16). The summed E-state index contributed by atoms with van der Waals surface area (Å²) in [5.74, 6) is 6.95. The zero-order valence-corrected chi connectivity index (χ0v) is 11.2. The van der Waals surface area contributed by atoms with Crippen molar-refractivity contribution in [2.24, 2.45) is 10.8 Å². The molecule has 0 fully saturated rings. The van der Waals surface area contributed by atoms with E-state index in [1.165, 1.54) is 0 Å². The van der Waals surface area contributed by atoms with Gasteiger partial charge in [-0.3, -0.25) is 4.99 Å². The van der Waals surface area contributed by atoms with E-state index in [4.69, 9.17) is 10.6 Å². The lowest BCUT2D eigenvalue weighted by Gasteiger charge is -2.17. The highest BCUT2D eigenvalue weighted by Gasteiger charge is 2.14. The fraction of sp³-hybridized carbons (Fsp3) is 0.462. The summed E-state index contributed by atoms with van der Waals surface area (Å²) in [6, 6.07) is 5.91. The van der Waals surface area contributed by atoms with Crippen LogP contribution in [0.5, 0.6) is 5.75 Å². The van der Waals surface area contributed by atoms with Crippen molar-refractivity contribution in [3.8, 4) is 5.75 Å². The van der Waals surface area contributed by atoms with E-state index in [1.54, 1.807) is 7.11 Å². The van der Waals surface area contributed by atoms with E-state index in [0.717, 1.165) is 16.9 Å². The van der Waals surface area contributed by atoms with Crippen LogP contribution in [0.15, 0.2) is 23.2 Å². The summed E-state index contributed by atoms with van der Waals surface area (Å²) in [5.41, 5.74) is 4.47. The first-order chi connectivity index (χ1) is 7.87. The quantitative estimate of drug-likeness (QED) is 0.357. The van der Waals surface area contributed by atoms with E-state index >= 15 is 0 Å². The summed E-state index contributed by atoms with van der Waals surface area (Å²) < 4.78 is 5.32. The Morgan fingerprint density at radius 3 is 2.47 bits per heavy atom. The van der Waals surface area contributed by atoms with Crippen molar-refractivity contribution in [2.75, 3.05) is 7.11 Å². The van der Waals surface area contributed by atoms with Crippen molar-refractivity contribution in [3.63, 3.8) is 0 Å². The van der Waals surface area contributed by atoms with Gasteiger partial charge in [-0.25, -0.2) is 5.84 Å². The molecule has 1 aromatic rings. The van der Waals surface area contributed by atoms with Gasteiger partial charge in [-0.2, -0.15) is 0 Å². The van der Waals surface area contributed by atoms with Crippen molar-refractivity contribution >= 4 is 5.84 Å². The minimum Gasteiger partial charge on any atom is -0.496 e. The number of amidine groups is 1. The number of nitrogens with zero attached hydrogens (tertiary/aromatic N) is 1. The maximum atomic E-state index is 5.55. The van der Waals surface area contributed by atoms with E-state index in [2.05, 4.69) is 10.4 Å². The van der Waals surface area contributed by atoms with Crippen molar-refractivity contribution in [1.82, 2.24) is 5.43 Å². The average molecular weight is 235 g/mol. The first-order valence-corrected chi connectivity index (χ1v) is 5.59. The third kappa shape index (κ3) is 3.75. The second kappa shape index (κ2) is 5.19. The van der Waals surface area contributed by atoms with Gasteiger partial charge in [-0.1, -0.05) is 11.6 Å². The van der Waals surface area contributed by atoms with Crippen LogP contribution in [0.2, 0.25) is 0 Å². The van der Waals surface area contributed by atoms with Gasteiger partial charge in [-0.05, 0) is 39.8 Å². The molecule has 94 valence electrons. The van der Waals surface area contributed by atoms with Crippen LogP contribution in [0, 0.1) is 6.92 Å². The molecule has 0 amide bonds. The lowest BCUT2D eigenvalue weighted by Crippen LogP contribution is -2.34.